The molecule has 0 rings (SSSR count). The standard InChI is InChI=1S/C42H92N3O6/c1-9-11-13-15-17-19-21-23-25-27-29-50-37-41(48)35-44(5,6)33-39(46)31-43(3,4)32-40(47)34-45(7,8)36-42(49)38-51-30-28-26-24-22-20-18-16-14-12-10-2/h39-42,46-49H,9-38H2,1-8H3/q+3. The number of hydrogen-bond acceptors (Lipinski definition) is 6. The van der Waals surface area contributed by atoms with Gasteiger partial charge in [0.15, 0.2) is 12.2 Å². The lowest BCUT2D eigenvalue weighted by atomic mass is 10.1. The van der Waals surface area contributed by atoms with Gasteiger partial charge in [-0.05, 0) is 12.8 Å². The van der Waals surface area contributed by atoms with Crippen molar-refractivity contribution in [1.29, 1.82) is 0 Å². The third-order valence-electron chi connectivity index (χ3n) is 10.1. The van der Waals surface area contributed by atoms with Gasteiger partial charge in [0.05, 0.1) is 55.5 Å². The Morgan fingerprint density at radius 3 is 0.804 bits per heavy atom. The number of likely N-dealkylation sites (N-methyl/N-ethyl adjacent to an activating group) is 3. The highest BCUT2D eigenvalue weighted by molar-refractivity contribution is 4.61. The number of unbranched alkanes of at least 4 members (excludes halogenated alkanes) is 18. The predicted molar refractivity (Wildman–Crippen MR) is 215 cm³/mol. The maximum Gasteiger partial charge on any atom is 0.152 e. The van der Waals surface area contributed by atoms with Gasteiger partial charge in [0.25, 0.3) is 0 Å². The monoisotopic (exact) mass is 735 g/mol. The summed E-state index contributed by atoms with van der Waals surface area (Å²) >= 11 is 0. The highest BCUT2D eigenvalue weighted by atomic mass is 16.5. The van der Waals surface area contributed by atoms with Gasteiger partial charge in [0.2, 0.25) is 0 Å². The van der Waals surface area contributed by atoms with Crippen molar-refractivity contribution in [3.8, 4) is 0 Å². The molecular formula is C42H92N3O6+3. The van der Waals surface area contributed by atoms with Crippen molar-refractivity contribution >= 4 is 0 Å². The summed E-state index contributed by atoms with van der Waals surface area (Å²) in [6, 6.07) is 0. The first-order valence-electron chi connectivity index (χ1n) is 21.4. The van der Waals surface area contributed by atoms with Gasteiger partial charge in [-0.25, -0.2) is 0 Å². The van der Waals surface area contributed by atoms with E-state index in [9.17, 15) is 20.4 Å². The Morgan fingerprint density at radius 2 is 0.549 bits per heavy atom. The fourth-order valence-electron chi connectivity index (χ4n) is 7.69. The summed E-state index contributed by atoms with van der Waals surface area (Å²) in [5.74, 6) is 0. The Kier molecular flexibility index (Phi) is 30.7. The van der Waals surface area contributed by atoms with Crippen LogP contribution in [0.1, 0.15) is 142 Å². The molecule has 0 saturated carbocycles. The van der Waals surface area contributed by atoms with Crippen LogP contribution in [0, 0.1) is 0 Å². The van der Waals surface area contributed by atoms with Gasteiger partial charge in [0, 0.05) is 13.2 Å². The molecule has 308 valence electrons. The minimum absolute atomic E-state index is 0.331. The van der Waals surface area contributed by atoms with Gasteiger partial charge < -0.3 is 43.3 Å². The van der Waals surface area contributed by atoms with Crippen LogP contribution in [0.2, 0.25) is 0 Å². The van der Waals surface area contributed by atoms with Crippen LogP contribution in [0.25, 0.3) is 0 Å². The molecule has 0 spiro atoms. The highest BCUT2D eigenvalue weighted by Crippen LogP contribution is 2.14. The van der Waals surface area contributed by atoms with Crippen LogP contribution in [0.15, 0.2) is 0 Å². The molecule has 0 aromatic rings. The number of ether oxygens (including phenoxy) is 2. The van der Waals surface area contributed by atoms with E-state index in [1.165, 1.54) is 116 Å². The molecule has 4 atom stereocenters. The SMILES string of the molecule is CCCCCCCCCCCCOCC(O)C[N+](C)(C)CC(O)C[N+](C)(C)CC(O)C[N+](C)(C)CC(O)COCCCCCCCCCCCC. The molecule has 0 saturated heterocycles. The molecule has 4 unspecified atom stereocenters. The smallest absolute Gasteiger partial charge is 0.152 e. The molecule has 0 aliphatic rings. The molecule has 0 aromatic heterocycles. The van der Waals surface area contributed by atoms with Crippen LogP contribution in [-0.2, 0) is 9.47 Å². The summed E-state index contributed by atoms with van der Waals surface area (Å²) < 4.78 is 13.0. The zero-order valence-electron chi connectivity index (χ0n) is 35.5. The van der Waals surface area contributed by atoms with Crippen LogP contribution < -0.4 is 0 Å². The molecule has 0 aromatic carbocycles. The van der Waals surface area contributed by atoms with E-state index in [1.807, 2.05) is 42.3 Å². The third-order valence-corrected chi connectivity index (χ3v) is 10.1. The lowest BCUT2D eigenvalue weighted by molar-refractivity contribution is -0.925. The van der Waals surface area contributed by atoms with E-state index in [4.69, 9.17) is 9.47 Å². The van der Waals surface area contributed by atoms with Crippen LogP contribution in [0.5, 0.6) is 0 Å². The normalized spacial score (nSPS) is 15.3. The Morgan fingerprint density at radius 1 is 0.333 bits per heavy atom. The first-order valence-corrected chi connectivity index (χ1v) is 21.4. The number of hydrogen-bond donors (Lipinski definition) is 4. The van der Waals surface area contributed by atoms with Crippen molar-refractivity contribution < 1.29 is 43.3 Å². The Hall–Kier alpha value is -0.360. The minimum atomic E-state index is -0.570. The van der Waals surface area contributed by atoms with Gasteiger partial charge in [-0.15, -0.1) is 0 Å². The molecule has 0 fully saturated rings. The van der Waals surface area contributed by atoms with Crippen molar-refractivity contribution in [1.82, 2.24) is 0 Å². The average Bonchev–Trinajstić information content (AvgIpc) is 3.00. The van der Waals surface area contributed by atoms with Crippen molar-refractivity contribution in [3.05, 3.63) is 0 Å². The molecular weight excluding hydrogens is 642 g/mol. The molecule has 0 heterocycles. The second kappa shape index (κ2) is 30.9. The zero-order valence-corrected chi connectivity index (χ0v) is 35.5. The quantitative estimate of drug-likeness (QED) is 0.0426. The second-order valence-corrected chi connectivity index (χ2v) is 18.0. The maximum atomic E-state index is 11.0. The second-order valence-electron chi connectivity index (χ2n) is 18.0. The van der Waals surface area contributed by atoms with Crippen LogP contribution in [0.3, 0.4) is 0 Å². The largest absolute Gasteiger partial charge is 0.385 e. The van der Waals surface area contributed by atoms with Gasteiger partial charge in [-0.3, -0.25) is 0 Å². The Bertz CT molecular complexity index is 709. The molecule has 9 nitrogen and oxygen atoms in total. The van der Waals surface area contributed by atoms with Gasteiger partial charge >= 0.3 is 0 Å². The van der Waals surface area contributed by atoms with Crippen LogP contribution >= 0.6 is 0 Å². The number of aliphatic hydroxyl groups excluding tert-OH is 4. The molecule has 4 N–H and O–H groups in total. The number of nitrogens with zero attached hydrogens (tertiary/aromatic N) is 3. The third kappa shape index (κ3) is 33.9. The molecule has 9 heteroatoms. The van der Waals surface area contributed by atoms with Crippen molar-refractivity contribution in [2.24, 2.45) is 0 Å². The predicted octanol–water partition coefficient (Wildman–Crippen LogP) is 6.53. The molecule has 0 bridgehead atoms. The molecule has 0 radical (unpaired) electrons. The van der Waals surface area contributed by atoms with E-state index in [0.29, 0.717) is 79.1 Å². The molecule has 0 aliphatic heterocycles. The summed E-state index contributed by atoms with van der Waals surface area (Å²) in [4.78, 5) is 0. The minimum Gasteiger partial charge on any atom is -0.385 e. The summed E-state index contributed by atoms with van der Waals surface area (Å²) in [5.41, 5.74) is 0. The Balaban J connectivity index is 4.17. The Labute approximate surface area is 317 Å². The molecule has 51 heavy (non-hydrogen) atoms. The van der Waals surface area contributed by atoms with E-state index in [1.54, 1.807) is 0 Å². The fourth-order valence-corrected chi connectivity index (χ4v) is 7.69. The lowest BCUT2D eigenvalue weighted by Gasteiger charge is -2.39. The first kappa shape index (κ1) is 50.6. The summed E-state index contributed by atoms with van der Waals surface area (Å²) in [5, 5.41) is 43.3. The van der Waals surface area contributed by atoms with Crippen molar-refractivity contribution in [3.63, 3.8) is 0 Å². The zero-order chi connectivity index (χ0) is 38.4. The van der Waals surface area contributed by atoms with Crippen molar-refractivity contribution in [2.45, 2.75) is 167 Å². The van der Waals surface area contributed by atoms with Crippen LogP contribution in [-0.4, -0.2) is 166 Å². The number of rotatable bonds is 38. The average molecular weight is 735 g/mol. The van der Waals surface area contributed by atoms with E-state index in [-0.39, 0.29) is 0 Å². The summed E-state index contributed by atoms with van der Waals surface area (Å²) in [6.45, 7) is 9.64. The number of quaternary nitrogens is 3. The molecule has 0 amide bonds. The topological polar surface area (TPSA) is 99.4 Å². The van der Waals surface area contributed by atoms with E-state index >= 15 is 0 Å². The van der Waals surface area contributed by atoms with Crippen LogP contribution in [0.4, 0.5) is 0 Å². The summed E-state index contributed by atoms with van der Waals surface area (Å²) in [7, 11) is 12.2. The van der Waals surface area contributed by atoms with Crippen molar-refractivity contribution in [2.75, 3.05) is 108 Å². The van der Waals surface area contributed by atoms with Gasteiger partial charge in [0.1, 0.15) is 51.5 Å². The lowest BCUT2D eigenvalue weighted by Crippen LogP contribution is -2.58. The molecule has 0 aliphatic carbocycles. The summed E-state index contributed by atoms with van der Waals surface area (Å²) in [6.07, 6.45) is 23.6. The van der Waals surface area contributed by atoms with Gasteiger partial charge in [-0.2, -0.15) is 0 Å². The number of aliphatic hydroxyl groups is 4. The maximum absolute atomic E-state index is 11.0. The van der Waals surface area contributed by atoms with Gasteiger partial charge in [-0.1, -0.05) is 129 Å². The highest BCUT2D eigenvalue weighted by Gasteiger charge is 2.33. The fraction of sp³-hybridized carbons (Fsp3) is 1.00. The van der Waals surface area contributed by atoms with E-state index in [0.717, 1.165) is 12.8 Å². The first-order chi connectivity index (χ1) is 24.1. The van der Waals surface area contributed by atoms with E-state index < -0.39 is 24.4 Å². The van der Waals surface area contributed by atoms with E-state index in [2.05, 4.69) is 13.8 Å².